The lowest BCUT2D eigenvalue weighted by atomic mass is 10.0. The van der Waals surface area contributed by atoms with E-state index in [-0.39, 0.29) is 24.2 Å². The van der Waals surface area contributed by atoms with Crippen molar-refractivity contribution < 1.29 is 9.53 Å². The second kappa shape index (κ2) is 6.37. The number of nitrogens with one attached hydrogen (secondary N) is 1. The number of hydrogen-bond donors (Lipinski definition) is 1. The van der Waals surface area contributed by atoms with E-state index in [9.17, 15) is 9.59 Å². The van der Waals surface area contributed by atoms with Gasteiger partial charge in [-0.3, -0.25) is 9.59 Å². The quantitative estimate of drug-likeness (QED) is 0.903. The van der Waals surface area contributed by atoms with E-state index in [2.05, 4.69) is 9.97 Å². The predicted octanol–water partition coefficient (Wildman–Crippen LogP) is 0.771. The van der Waals surface area contributed by atoms with Crippen LogP contribution in [0.25, 0.3) is 0 Å². The zero-order valence-corrected chi connectivity index (χ0v) is 13.3. The molecule has 0 radical (unpaired) electrons. The van der Waals surface area contributed by atoms with E-state index in [1.807, 2.05) is 30.8 Å². The van der Waals surface area contributed by atoms with Crippen LogP contribution < -0.4 is 5.56 Å². The highest BCUT2D eigenvalue weighted by Crippen LogP contribution is 2.17. The van der Waals surface area contributed by atoms with Gasteiger partial charge in [0.15, 0.2) is 0 Å². The number of ether oxygens (including phenoxy) is 1. The fourth-order valence-corrected chi connectivity index (χ4v) is 2.83. The third kappa shape index (κ3) is 3.19. The molecule has 1 amide bonds. The highest BCUT2D eigenvalue weighted by atomic mass is 16.5. The molecule has 0 aromatic carbocycles. The molecule has 3 heterocycles. The normalized spacial score (nSPS) is 15.3. The third-order valence-electron chi connectivity index (χ3n) is 4.19. The van der Waals surface area contributed by atoms with Gasteiger partial charge in [-0.05, 0) is 25.0 Å². The minimum atomic E-state index is -0.264. The second-order valence-electron chi connectivity index (χ2n) is 5.73. The van der Waals surface area contributed by atoms with Crippen LogP contribution in [0.3, 0.4) is 0 Å². The van der Waals surface area contributed by atoms with E-state index >= 15 is 0 Å². The van der Waals surface area contributed by atoms with Crippen molar-refractivity contribution in [2.24, 2.45) is 7.05 Å². The summed E-state index contributed by atoms with van der Waals surface area (Å²) in [7, 11) is 1.89. The number of imidazole rings is 1. The minimum absolute atomic E-state index is 0.0197. The number of fused-ring (bicyclic) bond motifs is 1. The summed E-state index contributed by atoms with van der Waals surface area (Å²) in [5.74, 6) is 0.665. The summed E-state index contributed by atoms with van der Waals surface area (Å²) >= 11 is 0. The van der Waals surface area contributed by atoms with Crippen molar-refractivity contribution in [2.45, 2.75) is 26.0 Å². The van der Waals surface area contributed by atoms with Gasteiger partial charge >= 0.3 is 0 Å². The summed E-state index contributed by atoms with van der Waals surface area (Å²) in [6.45, 7) is 2.79. The predicted molar refractivity (Wildman–Crippen MR) is 83.8 cm³/mol. The fourth-order valence-electron chi connectivity index (χ4n) is 2.83. The number of rotatable bonds is 4. The Morgan fingerprint density at radius 3 is 3.09 bits per heavy atom. The van der Waals surface area contributed by atoms with E-state index in [0.29, 0.717) is 25.1 Å². The topological polar surface area (TPSA) is 80.2 Å². The van der Waals surface area contributed by atoms with E-state index in [1.165, 1.54) is 0 Å². The van der Waals surface area contributed by atoms with E-state index < -0.39 is 0 Å². The molecule has 1 aliphatic rings. The van der Waals surface area contributed by atoms with Crippen LogP contribution in [-0.4, -0.2) is 38.5 Å². The Morgan fingerprint density at radius 2 is 2.35 bits per heavy atom. The largest absolute Gasteiger partial charge is 0.361 e. The summed E-state index contributed by atoms with van der Waals surface area (Å²) in [6, 6.07) is 1.90. The SMILES string of the molecule is CC(OCC(=O)N1CCc2cc[nH]c(=O)c2C1)c1nccn1C. The van der Waals surface area contributed by atoms with Crippen molar-refractivity contribution in [3.8, 4) is 0 Å². The lowest BCUT2D eigenvalue weighted by Gasteiger charge is -2.28. The highest BCUT2D eigenvalue weighted by Gasteiger charge is 2.23. The highest BCUT2D eigenvalue weighted by molar-refractivity contribution is 5.77. The van der Waals surface area contributed by atoms with Gasteiger partial charge in [0.25, 0.3) is 5.56 Å². The van der Waals surface area contributed by atoms with E-state index in [4.69, 9.17) is 4.74 Å². The van der Waals surface area contributed by atoms with Crippen LogP contribution in [0.4, 0.5) is 0 Å². The first-order valence-electron chi connectivity index (χ1n) is 7.62. The van der Waals surface area contributed by atoms with Crippen LogP contribution in [-0.2, 0) is 29.5 Å². The molecule has 0 aliphatic carbocycles. The Kier molecular flexibility index (Phi) is 4.29. The van der Waals surface area contributed by atoms with Crippen LogP contribution in [0.15, 0.2) is 29.5 Å². The lowest BCUT2D eigenvalue weighted by Crippen LogP contribution is -2.40. The molecule has 23 heavy (non-hydrogen) atoms. The smallest absolute Gasteiger partial charge is 0.253 e. The average molecular weight is 316 g/mol. The summed E-state index contributed by atoms with van der Waals surface area (Å²) in [5.41, 5.74) is 1.56. The third-order valence-corrected chi connectivity index (χ3v) is 4.19. The lowest BCUT2D eigenvalue weighted by molar-refractivity contribution is -0.139. The molecule has 0 saturated heterocycles. The van der Waals surface area contributed by atoms with Crippen LogP contribution in [0.2, 0.25) is 0 Å². The Morgan fingerprint density at radius 1 is 1.52 bits per heavy atom. The Balaban J connectivity index is 1.61. The minimum Gasteiger partial charge on any atom is -0.361 e. The van der Waals surface area contributed by atoms with Crippen molar-refractivity contribution in [3.05, 3.63) is 52.0 Å². The van der Waals surface area contributed by atoms with Crippen LogP contribution in [0.5, 0.6) is 0 Å². The maximum absolute atomic E-state index is 12.3. The number of pyridine rings is 1. The van der Waals surface area contributed by atoms with Gasteiger partial charge < -0.3 is 19.2 Å². The molecule has 1 aliphatic heterocycles. The maximum Gasteiger partial charge on any atom is 0.253 e. The molecule has 0 saturated carbocycles. The number of amides is 1. The Bertz CT molecular complexity index is 765. The van der Waals surface area contributed by atoms with Crippen molar-refractivity contribution in [3.63, 3.8) is 0 Å². The molecule has 2 aromatic rings. The number of carbonyl (C=O) groups excluding carboxylic acids is 1. The van der Waals surface area contributed by atoms with E-state index in [1.54, 1.807) is 17.3 Å². The van der Waals surface area contributed by atoms with Crippen LogP contribution in [0, 0.1) is 0 Å². The van der Waals surface area contributed by atoms with E-state index in [0.717, 1.165) is 11.4 Å². The number of H-pyrrole nitrogens is 1. The molecule has 0 spiro atoms. The molecule has 1 N–H and O–H groups in total. The molecule has 3 rings (SSSR count). The number of carbonyl (C=O) groups is 1. The van der Waals surface area contributed by atoms with Gasteiger partial charge in [0.2, 0.25) is 5.91 Å². The van der Waals surface area contributed by atoms with Crippen molar-refractivity contribution in [1.82, 2.24) is 19.4 Å². The van der Waals surface area contributed by atoms with Gasteiger partial charge in [-0.2, -0.15) is 0 Å². The average Bonchev–Trinajstić information content (AvgIpc) is 2.98. The maximum atomic E-state index is 12.3. The summed E-state index contributed by atoms with van der Waals surface area (Å²) in [5, 5.41) is 0. The molecule has 2 aromatic heterocycles. The van der Waals surface area contributed by atoms with Crippen molar-refractivity contribution in [1.29, 1.82) is 0 Å². The molecule has 7 nitrogen and oxygen atoms in total. The van der Waals surface area contributed by atoms with Crippen LogP contribution in [0.1, 0.15) is 30.0 Å². The summed E-state index contributed by atoms with van der Waals surface area (Å²) < 4.78 is 7.51. The van der Waals surface area contributed by atoms with Gasteiger partial charge in [0.1, 0.15) is 18.5 Å². The van der Waals surface area contributed by atoms with Gasteiger partial charge in [0, 0.05) is 37.7 Å². The number of aromatic amines is 1. The standard InChI is InChI=1S/C16H20N4O3/c1-11(15-17-6-8-19(15)2)23-10-14(21)20-7-4-12-3-5-18-16(22)13(12)9-20/h3,5-6,8,11H,4,7,9-10H2,1-2H3,(H,18,22). The zero-order chi connectivity index (χ0) is 16.4. The second-order valence-corrected chi connectivity index (χ2v) is 5.73. The molecule has 7 heteroatoms. The fraction of sp³-hybridized carbons (Fsp3) is 0.438. The summed E-state index contributed by atoms with van der Waals surface area (Å²) in [6.07, 6.45) is 5.62. The van der Waals surface area contributed by atoms with Crippen molar-refractivity contribution >= 4 is 5.91 Å². The first-order chi connectivity index (χ1) is 11.1. The van der Waals surface area contributed by atoms with Crippen molar-refractivity contribution in [2.75, 3.05) is 13.2 Å². The zero-order valence-electron chi connectivity index (χ0n) is 13.3. The number of nitrogens with zero attached hydrogens (tertiary/aromatic N) is 3. The molecule has 122 valence electrons. The van der Waals surface area contributed by atoms with Crippen LogP contribution >= 0.6 is 0 Å². The van der Waals surface area contributed by atoms with Gasteiger partial charge in [0.05, 0.1) is 6.54 Å². The molecule has 0 bridgehead atoms. The monoisotopic (exact) mass is 316 g/mol. The molecule has 0 fully saturated rings. The first-order valence-corrected chi connectivity index (χ1v) is 7.62. The number of aryl methyl sites for hydroxylation is 1. The molecular formula is C16H20N4O3. The first kappa shape index (κ1) is 15.5. The Hall–Kier alpha value is -2.41. The Labute approximate surface area is 133 Å². The number of hydrogen-bond acceptors (Lipinski definition) is 4. The molecule has 1 unspecified atom stereocenters. The number of aromatic nitrogens is 3. The molecular weight excluding hydrogens is 296 g/mol. The molecule has 1 atom stereocenters. The van der Waals surface area contributed by atoms with Gasteiger partial charge in [-0.15, -0.1) is 0 Å². The van der Waals surface area contributed by atoms with Gasteiger partial charge in [-0.1, -0.05) is 0 Å². The summed E-state index contributed by atoms with van der Waals surface area (Å²) in [4.78, 5) is 32.7. The van der Waals surface area contributed by atoms with Gasteiger partial charge in [-0.25, -0.2) is 4.98 Å².